The van der Waals surface area contributed by atoms with Crippen LogP contribution in [0.25, 0.3) is 0 Å². The molecule has 6 heteroatoms. The molecule has 1 aromatic heterocycles. The lowest BCUT2D eigenvalue weighted by molar-refractivity contribution is -0.0343. The minimum Gasteiger partial charge on any atom is -0.493 e. The minimum atomic E-state index is -0.234. The molecular formula is C13H24N4O2. The standard InChI is InChI=1S/C13H24N4O2/c1-9(2)17-13(10(18-4)7-15-17)12(14)11-8-16(3)5-6-19-11/h7,9,11-12H,5-6,8,14H2,1-4H3. The van der Waals surface area contributed by atoms with Gasteiger partial charge < -0.3 is 20.1 Å². The Bertz CT molecular complexity index is 419. The Hall–Kier alpha value is -1.11. The van der Waals surface area contributed by atoms with Crippen LogP contribution in [0, 0.1) is 0 Å². The molecule has 2 atom stereocenters. The Kier molecular flexibility index (Phi) is 4.44. The van der Waals surface area contributed by atoms with Crippen LogP contribution in [0.1, 0.15) is 31.6 Å². The van der Waals surface area contributed by atoms with Crippen molar-refractivity contribution in [1.29, 1.82) is 0 Å². The molecule has 1 saturated heterocycles. The number of ether oxygens (including phenoxy) is 2. The van der Waals surface area contributed by atoms with Crippen molar-refractivity contribution in [2.24, 2.45) is 5.73 Å². The van der Waals surface area contributed by atoms with E-state index in [0.717, 1.165) is 24.5 Å². The molecule has 0 saturated carbocycles. The molecule has 19 heavy (non-hydrogen) atoms. The molecule has 1 aromatic rings. The predicted octanol–water partition coefficient (Wildman–Crippen LogP) is 0.803. The van der Waals surface area contributed by atoms with E-state index >= 15 is 0 Å². The van der Waals surface area contributed by atoms with Crippen LogP contribution in [-0.2, 0) is 4.74 Å². The third kappa shape index (κ3) is 2.91. The Morgan fingerprint density at radius 3 is 2.84 bits per heavy atom. The number of aromatic nitrogens is 2. The fourth-order valence-corrected chi connectivity index (χ4v) is 2.45. The highest BCUT2D eigenvalue weighted by Crippen LogP contribution is 2.29. The Morgan fingerprint density at radius 1 is 1.53 bits per heavy atom. The second-order valence-corrected chi connectivity index (χ2v) is 5.33. The molecule has 108 valence electrons. The Balaban J connectivity index is 2.26. The number of morpholine rings is 1. The highest BCUT2D eigenvalue weighted by molar-refractivity contribution is 5.29. The van der Waals surface area contributed by atoms with Crippen LogP contribution in [0.3, 0.4) is 0 Å². The Morgan fingerprint density at radius 2 is 2.26 bits per heavy atom. The maximum Gasteiger partial charge on any atom is 0.161 e. The van der Waals surface area contributed by atoms with Gasteiger partial charge in [0.1, 0.15) is 5.69 Å². The van der Waals surface area contributed by atoms with E-state index in [1.165, 1.54) is 0 Å². The number of methoxy groups -OCH3 is 1. The summed E-state index contributed by atoms with van der Waals surface area (Å²) in [7, 11) is 3.73. The molecule has 0 aromatic carbocycles. The van der Waals surface area contributed by atoms with Crippen LogP contribution >= 0.6 is 0 Å². The first-order valence-electron chi connectivity index (χ1n) is 6.71. The maximum absolute atomic E-state index is 6.40. The van der Waals surface area contributed by atoms with Crippen LogP contribution < -0.4 is 10.5 Å². The summed E-state index contributed by atoms with van der Waals surface area (Å²) < 4.78 is 13.1. The summed E-state index contributed by atoms with van der Waals surface area (Å²) in [6, 6.07) is 0.00821. The number of nitrogens with two attached hydrogens (primary N) is 1. The van der Waals surface area contributed by atoms with E-state index in [-0.39, 0.29) is 18.2 Å². The molecule has 0 aliphatic carbocycles. The third-order valence-electron chi connectivity index (χ3n) is 3.52. The van der Waals surface area contributed by atoms with Gasteiger partial charge >= 0.3 is 0 Å². The van der Waals surface area contributed by atoms with E-state index in [1.807, 2.05) is 4.68 Å². The molecule has 1 aliphatic heterocycles. The van der Waals surface area contributed by atoms with Crippen molar-refractivity contribution < 1.29 is 9.47 Å². The zero-order chi connectivity index (χ0) is 14.0. The lowest BCUT2D eigenvalue weighted by atomic mass is 10.1. The first-order valence-corrected chi connectivity index (χ1v) is 6.71. The Labute approximate surface area is 114 Å². The maximum atomic E-state index is 6.40. The molecule has 2 heterocycles. The van der Waals surface area contributed by atoms with Gasteiger partial charge in [-0.15, -0.1) is 0 Å². The van der Waals surface area contributed by atoms with Crippen molar-refractivity contribution in [3.63, 3.8) is 0 Å². The molecule has 6 nitrogen and oxygen atoms in total. The predicted molar refractivity (Wildman–Crippen MR) is 73.3 cm³/mol. The monoisotopic (exact) mass is 268 g/mol. The first-order chi connectivity index (χ1) is 9.04. The average Bonchev–Trinajstić information content (AvgIpc) is 2.81. The molecule has 1 aliphatic rings. The summed E-state index contributed by atoms with van der Waals surface area (Å²) in [6.45, 7) is 6.65. The minimum absolute atomic E-state index is 0.0261. The van der Waals surface area contributed by atoms with Gasteiger partial charge in [-0.05, 0) is 20.9 Å². The van der Waals surface area contributed by atoms with Gasteiger partial charge in [-0.3, -0.25) is 4.68 Å². The van der Waals surface area contributed by atoms with E-state index in [0.29, 0.717) is 6.61 Å². The number of hydrogen-bond donors (Lipinski definition) is 1. The van der Waals surface area contributed by atoms with Crippen LogP contribution in [-0.4, -0.2) is 54.6 Å². The molecule has 2 unspecified atom stereocenters. The van der Waals surface area contributed by atoms with Gasteiger partial charge in [0, 0.05) is 19.1 Å². The zero-order valence-corrected chi connectivity index (χ0v) is 12.2. The fourth-order valence-electron chi connectivity index (χ4n) is 2.45. The number of rotatable bonds is 4. The lowest BCUT2D eigenvalue weighted by Gasteiger charge is -2.34. The zero-order valence-electron chi connectivity index (χ0n) is 12.2. The lowest BCUT2D eigenvalue weighted by Crippen LogP contribution is -2.45. The van der Waals surface area contributed by atoms with Gasteiger partial charge in [0.25, 0.3) is 0 Å². The summed E-state index contributed by atoms with van der Waals surface area (Å²) in [5.74, 6) is 0.734. The van der Waals surface area contributed by atoms with Crippen molar-refractivity contribution in [3.05, 3.63) is 11.9 Å². The average molecular weight is 268 g/mol. The normalized spacial score (nSPS) is 22.7. The van der Waals surface area contributed by atoms with Crippen molar-refractivity contribution in [2.75, 3.05) is 33.9 Å². The van der Waals surface area contributed by atoms with Gasteiger partial charge in [-0.25, -0.2) is 0 Å². The summed E-state index contributed by atoms with van der Waals surface area (Å²) >= 11 is 0. The van der Waals surface area contributed by atoms with E-state index in [1.54, 1.807) is 13.3 Å². The van der Waals surface area contributed by atoms with Crippen LogP contribution in [0.2, 0.25) is 0 Å². The number of nitrogens with zero attached hydrogens (tertiary/aromatic N) is 3. The number of likely N-dealkylation sites (N-methyl/N-ethyl adjacent to an activating group) is 1. The molecular weight excluding hydrogens is 244 g/mol. The molecule has 1 fully saturated rings. The van der Waals surface area contributed by atoms with Crippen molar-refractivity contribution in [1.82, 2.24) is 14.7 Å². The third-order valence-corrected chi connectivity index (χ3v) is 3.52. The highest BCUT2D eigenvalue weighted by Gasteiger charge is 2.30. The van der Waals surface area contributed by atoms with E-state index < -0.39 is 0 Å². The van der Waals surface area contributed by atoms with Crippen molar-refractivity contribution >= 4 is 0 Å². The van der Waals surface area contributed by atoms with Gasteiger partial charge in [0.05, 0.1) is 32.1 Å². The van der Waals surface area contributed by atoms with E-state index in [2.05, 4.69) is 30.9 Å². The second-order valence-electron chi connectivity index (χ2n) is 5.33. The first kappa shape index (κ1) is 14.3. The van der Waals surface area contributed by atoms with Gasteiger partial charge in [-0.2, -0.15) is 5.10 Å². The molecule has 2 N–H and O–H groups in total. The largest absolute Gasteiger partial charge is 0.493 e. The quantitative estimate of drug-likeness (QED) is 0.875. The van der Waals surface area contributed by atoms with Crippen LogP contribution in [0.4, 0.5) is 0 Å². The smallest absolute Gasteiger partial charge is 0.161 e. The molecule has 0 bridgehead atoms. The fraction of sp³-hybridized carbons (Fsp3) is 0.769. The summed E-state index contributed by atoms with van der Waals surface area (Å²) in [5.41, 5.74) is 7.31. The summed E-state index contributed by atoms with van der Waals surface area (Å²) in [4.78, 5) is 2.23. The van der Waals surface area contributed by atoms with Gasteiger partial charge in [-0.1, -0.05) is 0 Å². The molecule has 0 amide bonds. The van der Waals surface area contributed by atoms with Gasteiger partial charge in [0.2, 0.25) is 0 Å². The SMILES string of the molecule is COc1cnn(C(C)C)c1C(N)C1CN(C)CCO1. The molecule has 0 spiro atoms. The van der Waals surface area contributed by atoms with Crippen molar-refractivity contribution in [3.8, 4) is 5.75 Å². The molecule has 0 radical (unpaired) electrons. The highest BCUT2D eigenvalue weighted by atomic mass is 16.5. The van der Waals surface area contributed by atoms with E-state index in [9.17, 15) is 0 Å². The van der Waals surface area contributed by atoms with Crippen molar-refractivity contribution in [2.45, 2.75) is 32.0 Å². The van der Waals surface area contributed by atoms with Crippen LogP contribution in [0.5, 0.6) is 5.75 Å². The summed E-state index contributed by atoms with van der Waals surface area (Å²) in [6.07, 6.45) is 1.70. The van der Waals surface area contributed by atoms with Gasteiger partial charge in [0.15, 0.2) is 5.75 Å². The van der Waals surface area contributed by atoms with E-state index in [4.69, 9.17) is 15.2 Å². The molecule has 2 rings (SSSR count). The summed E-state index contributed by atoms with van der Waals surface area (Å²) in [5, 5.41) is 4.36. The second kappa shape index (κ2) is 5.90. The number of hydrogen-bond acceptors (Lipinski definition) is 5. The van der Waals surface area contributed by atoms with Crippen LogP contribution in [0.15, 0.2) is 6.20 Å². The topological polar surface area (TPSA) is 65.5 Å².